The monoisotopic (exact) mass is 313 g/mol. The largest absolute Gasteiger partial charge is 0.484 e. The van der Waals surface area contributed by atoms with Gasteiger partial charge in [0.15, 0.2) is 6.61 Å². The molecule has 0 saturated heterocycles. The molecule has 1 amide bonds. The van der Waals surface area contributed by atoms with Gasteiger partial charge in [0.05, 0.1) is 7.11 Å². The normalized spacial score (nSPS) is 10.0. The van der Waals surface area contributed by atoms with Crippen LogP contribution in [0, 0.1) is 0 Å². The van der Waals surface area contributed by atoms with Gasteiger partial charge in [0.2, 0.25) is 0 Å². The van der Waals surface area contributed by atoms with E-state index in [1.165, 1.54) is 7.11 Å². The number of benzene rings is 1. The van der Waals surface area contributed by atoms with E-state index in [4.69, 9.17) is 16.3 Å². The number of amides is 1. The van der Waals surface area contributed by atoms with Gasteiger partial charge in [0.1, 0.15) is 5.75 Å². The Hall–Kier alpha value is -1.75. The maximum absolute atomic E-state index is 11.5. The van der Waals surface area contributed by atoms with Crippen molar-refractivity contribution in [1.82, 2.24) is 5.32 Å². The summed E-state index contributed by atoms with van der Waals surface area (Å²) in [5.41, 5.74) is 0. The van der Waals surface area contributed by atoms with E-state index in [0.29, 0.717) is 23.7 Å². The minimum Gasteiger partial charge on any atom is -0.484 e. The zero-order valence-corrected chi connectivity index (χ0v) is 12.8. The molecule has 0 aliphatic heterocycles. The van der Waals surface area contributed by atoms with Gasteiger partial charge in [0.25, 0.3) is 5.91 Å². The van der Waals surface area contributed by atoms with Gasteiger partial charge < -0.3 is 14.8 Å². The molecule has 0 atom stereocenters. The number of carbonyl (C=O) groups is 2. The van der Waals surface area contributed by atoms with Crippen molar-refractivity contribution in [1.29, 1.82) is 0 Å². The van der Waals surface area contributed by atoms with Crippen LogP contribution in [0.25, 0.3) is 0 Å². The van der Waals surface area contributed by atoms with Crippen LogP contribution in [0.1, 0.15) is 25.7 Å². The van der Waals surface area contributed by atoms with E-state index < -0.39 is 0 Å². The molecule has 116 valence electrons. The number of esters is 1. The molecule has 1 aromatic rings. The van der Waals surface area contributed by atoms with Gasteiger partial charge in [-0.15, -0.1) is 0 Å². The molecule has 1 N–H and O–H groups in total. The molecule has 6 heteroatoms. The van der Waals surface area contributed by atoms with Crippen LogP contribution in [0.15, 0.2) is 24.3 Å². The van der Waals surface area contributed by atoms with E-state index in [1.807, 2.05) is 0 Å². The van der Waals surface area contributed by atoms with Crippen molar-refractivity contribution in [3.63, 3.8) is 0 Å². The highest BCUT2D eigenvalue weighted by molar-refractivity contribution is 6.30. The maximum Gasteiger partial charge on any atom is 0.305 e. The molecule has 0 aliphatic rings. The van der Waals surface area contributed by atoms with Gasteiger partial charge in [-0.1, -0.05) is 18.0 Å². The molecule has 0 bridgehead atoms. The van der Waals surface area contributed by atoms with Gasteiger partial charge in [-0.2, -0.15) is 0 Å². The van der Waals surface area contributed by atoms with Crippen molar-refractivity contribution in [2.75, 3.05) is 20.3 Å². The summed E-state index contributed by atoms with van der Waals surface area (Å²) in [6.07, 6.45) is 2.88. The first kappa shape index (κ1) is 17.3. The predicted octanol–water partition coefficient (Wildman–Crippen LogP) is 2.57. The third-order valence-electron chi connectivity index (χ3n) is 2.79. The second-order valence-electron chi connectivity index (χ2n) is 4.48. The lowest BCUT2D eigenvalue weighted by atomic mass is 10.2. The zero-order chi connectivity index (χ0) is 15.5. The van der Waals surface area contributed by atoms with Crippen LogP contribution in [0.4, 0.5) is 0 Å². The molecular formula is C15H20ClNO4. The molecule has 0 spiro atoms. The number of carbonyl (C=O) groups excluding carboxylic acids is 2. The topological polar surface area (TPSA) is 64.6 Å². The Kier molecular flexibility index (Phi) is 8.28. The minimum absolute atomic E-state index is 0.0240. The van der Waals surface area contributed by atoms with Crippen molar-refractivity contribution >= 4 is 23.5 Å². The van der Waals surface area contributed by atoms with Gasteiger partial charge >= 0.3 is 5.97 Å². The Balaban J connectivity index is 2.04. The van der Waals surface area contributed by atoms with Crippen LogP contribution in [-0.4, -0.2) is 32.1 Å². The summed E-state index contributed by atoms with van der Waals surface area (Å²) < 4.78 is 9.86. The number of halogens is 1. The number of ether oxygens (including phenoxy) is 2. The smallest absolute Gasteiger partial charge is 0.305 e. The van der Waals surface area contributed by atoms with Crippen LogP contribution < -0.4 is 10.1 Å². The molecule has 0 radical (unpaired) electrons. The number of unbranched alkanes of at least 4 members (excludes halogenated alkanes) is 2. The maximum atomic E-state index is 11.5. The molecule has 1 aromatic carbocycles. The molecule has 0 fully saturated rings. The summed E-state index contributed by atoms with van der Waals surface area (Å²) in [6, 6.07) is 6.83. The molecule has 21 heavy (non-hydrogen) atoms. The van der Waals surface area contributed by atoms with Gasteiger partial charge in [0, 0.05) is 18.0 Å². The van der Waals surface area contributed by atoms with E-state index in [1.54, 1.807) is 24.3 Å². The summed E-state index contributed by atoms with van der Waals surface area (Å²) in [7, 11) is 1.38. The predicted molar refractivity (Wildman–Crippen MR) is 80.4 cm³/mol. The number of rotatable bonds is 9. The molecule has 1 rings (SSSR count). The first-order valence-corrected chi connectivity index (χ1v) is 7.21. The lowest BCUT2D eigenvalue weighted by Gasteiger charge is -2.07. The molecule has 0 unspecified atom stereocenters. The number of hydrogen-bond donors (Lipinski definition) is 1. The molecule has 0 saturated carbocycles. The van der Waals surface area contributed by atoms with Gasteiger partial charge in [-0.3, -0.25) is 9.59 Å². The van der Waals surface area contributed by atoms with Gasteiger partial charge in [-0.05, 0) is 37.1 Å². The van der Waals surface area contributed by atoms with E-state index in [0.717, 1.165) is 19.3 Å². The van der Waals surface area contributed by atoms with E-state index in [9.17, 15) is 9.59 Å². The van der Waals surface area contributed by atoms with Crippen molar-refractivity contribution in [3.05, 3.63) is 29.3 Å². The van der Waals surface area contributed by atoms with Crippen molar-refractivity contribution in [2.45, 2.75) is 25.7 Å². The van der Waals surface area contributed by atoms with E-state index >= 15 is 0 Å². The second kappa shape index (κ2) is 10.0. The van der Waals surface area contributed by atoms with Crippen molar-refractivity contribution in [3.8, 4) is 5.75 Å². The zero-order valence-electron chi connectivity index (χ0n) is 12.1. The van der Waals surface area contributed by atoms with Gasteiger partial charge in [-0.25, -0.2) is 0 Å². The highest BCUT2D eigenvalue weighted by Crippen LogP contribution is 2.15. The summed E-state index contributed by atoms with van der Waals surface area (Å²) >= 11 is 5.75. The molecule has 0 aromatic heterocycles. The minimum atomic E-state index is -0.199. The Labute approximate surface area is 129 Å². The fourth-order valence-electron chi connectivity index (χ4n) is 1.63. The SMILES string of the molecule is COC(=O)CCCCCNC(=O)COc1ccc(Cl)cc1. The van der Waals surface area contributed by atoms with Crippen LogP contribution in [0.3, 0.4) is 0 Å². The average molecular weight is 314 g/mol. The van der Waals surface area contributed by atoms with Crippen LogP contribution in [0.5, 0.6) is 5.75 Å². The third-order valence-corrected chi connectivity index (χ3v) is 3.04. The number of nitrogens with one attached hydrogen (secondary N) is 1. The van der Waals surface area contributed by atoms with Crippen molar-refractivity contribution in [2.24, 2.45) is 0 Å². The quantitative estimate of drug-likeness (QED) is 0.562. The molecule has 5 nitrogen and oxygen atoms in total. The molecule has 0 heterocycles. The van der Waals surface area contributed by atoms with E-state index in [-0.39, 0.29) is 18.5 Å². The molecular weight excluding hydrogens is 294 g/mol. The Morgan fingerprint density at radius 3 is 2.52 bits per heavy atom. The highest BCUT2D eigenvalue weighted by atomic mass is 35.5. The summed E-state index contributed by atoms with van der Waals surface area (Å²) in [4.78, 5) is 22.4. The van der Waals surface area contributed by atoms with Crippen LogP contribution in [0.2, 0.25) is 5.02 Å². The average Bonchev–Trinajstić information content (AvgIpc) is 2.49. The van der Waals surface area contributed by atoms with Crippen molar-refractivity contribution < 1.29 is 19.1 Å². The Morgan fingerprint density at radius 2 is 1.86 bits per heavy atom. The lowest BCUT2D eigenvalue weighted by Crippen LogP contribution is -2.29. The Morgan fingerprint density at radius 1 is 1.14 bits per heavy atom. The standard InChI is InChI=1S/C15H20ClNO4/c1-20-15(19)5-3-2-4-10-17-14(18)11-21-13-8-6-12(16)7-9-13/h6-9H,2-5,10-11H2,1H3,(H,17,18). The van der Waals surface area contributed by atoms with Crippen LogP contribution >= 0.6 is 11.6 Å². The third kappa shape index (κ3) is 8.19. The summed E-state index contributed by atoms with van der Waals surface area (Å²) in [5.74, 6) is 0.237. The fourth-order valence-corrected chi connectivity index (χ4v) is 1.76. The Bertz CT molecular complexity index is 447. The van der Waals surface area contributed by atoms with Crippen LogP contribution in [-0.2, 0) is 14.3 Å². The lowest BCUT2D eigenvalue weighted by molar-refractivity contribution is -0.140. The second-order valence-corrected chi connectivity index (χ2v) is 4.92. The molecule has 0 aliphatic carbocycles. The first-order valence-electron chi connectivity index (χ1n) is 6.83. The first-order chi connectivity index (χ1) is 10.1. The number of methoxy groups -OCH3 is 1. The van der Waals surface area contributed by atoms with E-state index in [2.05, 4.69) is 10.1 Å². The summed E-state index contributed by atoms with van der Waals surface area (Å²) in [6.45, 7) is 0.549. The fraction of sp³-hybridized carbons (Fsp3) is 0.467. The highest BCUT2D eigenvalue weighted by Gasteiger charge is 2.03. The summed E-state index contributed by atoms with van der Waals surface area (Å²) in [5, 5.41) is 3.38. The number of hydrogen-bond acceptors (Lipinski definition) is 4.